The van der Waals surface area contributed by atoms with Crippen LogP contribution in [0.2, 0.25) is 5.02 Å². The molecule has 0 amide bonds. The quantitative estimate of drug-likeness (QED) is 0.580. The van der Waals surface area contributed by atoms with Crippen LogP contribution in [0.25, 0.3) is 21.9 Å². The van der Waals surface area contributed by atoms with Gasteiger partial charge in [-0.05, 0) is 34.4 Å². The van der Waals surface area contributed by atoms with Crippen molar-refractivity contribution in [1.29, 1.82) is 0 Å². The first-order chi connectivity index (χ1) is 10.0. The Morgan fingerprint density at radius 3 is 2.48 bits per heavy atom. The van der Waals surface area contributed by atoms with Gasteiger partial charge in [0, 0.05) is 21.2 Å². The fourth-order valence-electron chi connectivity index (χ4n) is 3.58. The van der Waals surface area contributed by atoms with E-state index in [0.717, 1.165) is 16.3 Å². The highest BCUT2D eigenvalue weighted by Crippen LogP contribution is 2.53. The van der Waals surface area contributed by atoms with Crippen molar-refractivity contribution < 1.29 is 5.11 Å². The Labute approximate surface area is 128 Å². The number of aromatic hydroxyl groups is 1. The van der Waals surface area contributed by atoms with E-state index in [1.165, 1.54) is 16.7 Å². The lowest BCUT2D eigenvalue weighted by Crippen LogP contribution is -2.14. The third-order valence-electron chi connectivity index (χ3n) is 4.65. The average Bonchev–Trinajstić information content (AvgIpc) is 2.72. The van der Waals surface area contributed by atoms with Gasteiger partial charge in [-0.25, -0.2) is 0 Å². The van der Waals surface area contributed by atoms with E-state index in [4.69, 9.17) is 11.6 Å². The van der Waals surface area contributed by atoms with E-state index < -0.39 is 0 Å². The van der Waals surface area contributed by atoms with Crippen molar-refractivity contribution in [2.45, 2.75) is 19.3 Å². The summed E-state index contributed by atoms with van der Waals surface area (Å²) in [6.45, 7) is 4.45. The van der Waals surface area contributed by atoms with Crippen molar-refractivity contribution in [3.8, 4) is 16.9 Å². The highest BCUT2D eigenvalue weighted by Gasteiger charge is 2.36. The number of fused-ring (bicyclic) bond motifs is 5. The van der Waals surface area contributed by atoms with Gasteiger partial charge in [0.25, 0.3) is 0 Å². The molecule has 3 aromatic rings. The molecule has 0 atom stereocenters. The number of hydrogen-bond donors (Lipinski definition) is 1. The van der Waals surface area contributed by atoms with E-state index in [2.05, 4.69) is 38.1 Å². The molecule has 21 heavy (non-hydrogen) atoms. The third kappa shape index (κ3) is 1.53. The zero-order chi connectivity index (χ0) is 14.8. The molecule has 1 aliphatic rings. The van der Waals surface area contributed by atoms with Crippen molar-refractivity contribution in [1.82, 2.24) is 0 Å². The molecule has 2 heteroatoms. The largest absolute Gasteiger partial charge is 0.507 e. The smallest absolute Gasteiger partial charge is 0.124 e. The summed E-state index contributed by atoms with van der Waals surface area (Å²) in [5, 5.41) is 12.8. The Balaban J connectivity index is 2.26. The molecule has 1 aliphatic carbocycles. The second-order valence-corrected chi connectivity index (χ2v) is 6.55. The average molecular weight is 295 g/mol. The van der Waals surface area contributed by atoms with Crippen LogP contribution in [0.4, 0.5) is 0 Å². The van der Waals surface area contributed by atoms with Crippen LogP contribution in [0.1, 0.15) is 25.0 Å². The first-order valence-corrected chi connectivity index (χ1v) is 7.44. The first-order valence-electron chi connectivity index (χ1n) is 7.06. The van der Waals surface area contributed by atoms with Crippen molar-refractivity contribution in [3.05, 3.63) is 64.7 Å². The normalized spacial score (nSPS) is 15.0. The Morgan fingerprint density at radius 2 is 1.67 bits per heavy atom. The lowest BCUT2D eigenvalue weighted by Gasteiger charge is -2.21. The summed E-state index contributed by atoms with van der Waals surface area (Å²) in [6.07, 6.45) is 0. The number of benzene rings is 3. The summed E-state index contributed by atoms with van der Waals surface area (Å²) in [5.41, 5.74) is 4.80. The van der Waals surface area contributed by atoms with E-state index in [1.807, 2.05) is 12.1 Å². The van der Waals surface area contributed by atoms with Gasteiger partial charge in [0.05, 0.1) is 0 Å². The number of rotatable bonds is 0. The molecule has 0 aliphatic heterocycles. The van der Waals surface area contributed by atoms with E-state index in [0.29, 0.717) is 10.8 Å². The number of phenolic OH excluding ortho intramolecular Hbond substituents is 1. The van der Waals surface area contributed by atoms with Gasteiger partial charge in [-0.15, -0.1) is 0 Å². The van der Waals surface area contributed by atoms with Gasteiger partial charge in [-0.1, -0.05) is 61.8 Å². The van der Waals surface area contributed by atoms with E-state index in [9.17, 15) is 5.11 Å². The van der Waals surface area contributed by atoms with Crippen molar-refractivity contribution in [2.75, 3.05) is 0 Å². The molecule has 1 nitrogen and oxygen atoms in total. The molecule has 3 aromatic carbocycles. The van der Waals surface area contributed by atoms with Crippen molar-refractivity contribution in [2.24, 2.45) is 0 Å². The molecular formula is C19H15ClO. The number of phenols is 1. The minimum atomic E-state index is -0.0606. The standard InChI is InChI=1S/C19H15ClO/c1-19(2)13-6-4-3-5-11(13)17-14(19)8-7-12-15(20)9-10-16(21)18(12)17/h3-10,21H,1-2H3. The molecule has 0 bridgehead atoms. The summed E-state index contributed by atoms with van der Waals surface area (Å²) in [7, 11) is 0. The minimum absolute atomic E-state index is 0.0606. The summed E-state index contributed by atoms with van der Waals surface area (Å²) in [6, 6.07) is 16.0. The van der Waals surface area contributed by atoms with Crippen LogP contribution in [-0.2, 0) is 5.41 Å². The maximum absolute atomic E-state index is 10.4. The molecule has 0 unspecified atom stereocenters. The first kappa shape index (κ1) is 12.7. The van der Waals surface area contributed by atoms with Gasteiger partial charge < -0.3 is 5.11 Å². The molecule has 0 saturated heterocycles. The second kappa shape index (κ2) is 4.02. The van der Waals surface area contributed by atoms with Gasteiger partial charge in [-0.3, -0.25) is 0 Å². The fraction of sp³-hybridized carbons (Fsp3) is 0.158. The van der Waals surface area contributed by atoms with Gasteiger partial charge in [-0.2, -0.15) is 0 Å². The number of halogens is 1. The molecule has 0 spiro atoms. The number of hydrogen-bond acceptors (Lipinski definition) is 1. The van der Waals surface area contributed by atoms with Gasteiger partial charge in [0.1, 0.15) is 5.75 Å². The SMILES string of the molecule is CC1(C)c2ccccc2-c2c1ccc1c(Cl)ccc(O)c21. The van der Waals surface area contributed by atoms with Crippen molar-refractivity contribution >= 4 is 22.4 Å². The zero-order valence-corrected chi connectivity index (χ0v) is 12.7. The van der Waals surface area contributed by atoms with Crippen LogP contribution in [0.15, 0.2) is 48.5 Å². The topological polar surface area (TPSA) is 20.2 Å². The van der Waals surface area contributed by atoms with Crippen LogP contribution in [0.3, 0.4) is 0 Å². The monoisotopic (exact) mass is 294 g/mol. The van der Waals surface area contributed by atoms with Crippen LogP contribution >= 0.6 is 11.6 Å². The van der Waals surface area contributed by atoms with Crippen LogP contribution in [0, 0.1) is 0 Å². The summed E-state index contributed by atoms with van der Waals surface area (Å²) in [5.74, 6) is 0.291. The maximum Gasteiger partial charge on any atom is 0.124 e. The molecule has 0 radical (unpaired) electrons. The van der Waals surface area contributed by atoms with Crippen LogP contribution in [-0.4, -0.2) is 5.11 Å². The van der Waals surface area contributed by atoms with E-state index in [-0.39, 0.29) is 5.41 Å². The minimum Gasteiger partial charge on any atom is -0.507 e. The third-order valence-corrected chi connectivity index (χ3v) is 4.98. The predicted octanol–water partition coefficient (Wildman–Crippen LogP) is 5.51. The summed E-state index contributed by atoms with van der Waals surface area (Å²) < 4.78 is 0. The predicted molar refractivity (Wildman–Crippen MR) is 88.2 cm³/mol. The van der Waals surface area contributed by atoms with Gasteiger partial charge in [0.15, 0.2) is 0 Å². The van der Waals surface area contributed by atoms with E-state index >= 15 is 0 Å². The molecule has 1 N–H and O–H groups in total. The molecule has 0 heterocycles. The lowest BCUT2D eigenvalue weighted by molar-refractivity contribution is 0.482. The zero-order valence-electron chi connectivity index (χ0n) is 11.9. The molecule has 4 rings (SSSR count). The highest BCUT2D eigenvalue weighted by atomic mass is 35.5. The summed E-state index contributed by atoms with van der Waals surface area (Å²) in [4.78, 5) is 0. The van der Waals surface area contributed by atoms with Crippen molar-refractivity contribution in [3.63, 3.8) is 0 Å². The molecule has 104 valence electrons. The molecule has 0 fully saturated rings. The van der Waals surface area contributed by atoms with Crippen LogP contribution in [0.5, 0.6) is 5.75 Å². The van der Waals surface area contributed by atoms with E-state index in [1.54, 1.807) is 12.1 Å². The Morgan fingerprint density at radius 1 is 0.905 bits per heavy atom. The Kier molecular flexibility index (Phi) is 2.44. The lowest BCUT2D eigenvalue weighted by atomic mass is 9.82. The maximum atomic E-state index is 10.4. The van der Waals surface area contributed by atoms with Crippen LogP contribution < -0.4 is 0 Å². The Bertz CT molecular complexity index is 893. The van der Waals surface area contributed by atoms with Gasteiger partial charge >= 0.3 is 0 Å². The second-order valence-electron chi connectivity index (χ2n) is 6.15. The fourth-order valence-corrected chi connectivity index (χ4v) is 3.81. The molecule has 0 saturated carbocycles. The summed E-state index contributed by atoms with van der Waals surface area (Å²) >= 11 is 6.32. The molecular weight excluding hydrogens is 280 g/mol. The highest BCUT2D eigenvalue weighted by molar-refractivity contribution is 6.36. The van der Waals surface area contributed by atoms with Gasteiger partial charge in [0.2, 0.25) is 0 Å². The Hall–Kier alpha value is -1.99. The molecule has 0 aromatic heterocycles.